The summed E-state index contributed by atoms with van der Waals surface area (Å²) in [6.45, 7) is 4.68. The summed E-state index contributed by atoms with van der Waals surface area (Å²) in [5.41, 5.74) is 0. The highest BCUT2D eigenvalue weighted by molar-refractivity contribution is 9.10. The van der Waals surface area contributed by atoms with Gasteiger partial charge in [0.1, 0.15) is 17.3 Å². The lowest BCUT2D eigenvalue weighted by atomic mass is 10.3. The second kappa shape index (κ2) is 6.77. The molecule has 1 aromatic heterocycles. The highest BCUT2D eigenvalue weighted by Gasteiger charge is 2.18. The molecule has 21 heavy (non-hydrogen) atoms. The van der Waals surface area contributed by atoms with Crippen LogP contribution in [0.3, 0.4) is 0 Å². The standard InChI is InChI=1S/C15H18BrNO3S/c1-11(2)17-9-13-6-7-14(20-13)10-21(18,19)15-5-3-4-12(16)8-15/h3-8,11,17H,9-10H2,1-2H3. The molecular weight excluding hydrogens is 354 g/mol. The lowest BCUT2D eigenvalue weighted by Crippen LogP contribution is -2.21. The first-order valence-electron chi connectivity index (χ1n) is 6.66. The average Bonchev–Trinajstić information content (AvgIpc) is 2.83. The molecule has 2 aromatic rings. The van der Waals surface area contributed by atoms with Crippen LogP contribution in [0.2, 0.25) is 0 Å². The molecular formula is C15H18BrNO3S. The summed E-state index contributed by atoms with van der Waals surface area (Å²) in [4.78, 5) is 0.287. The van der Waals surface area contributed by atoms with Crippen LogP contribution >= 0.6 is 15.9 Å². The van der Waals surface area contributed by atoms with Crippen LogP contribution in [-0.4, -0.2) is 14.5 Å². The number of furan rings is 1. The van der Waals surface area contributed by atoms with Gasteiger partial charge in [0.05, 0.1) is 11.4 Å². The molecule has 0 aliphatic carbocycles. The van der Waals surface area contributed by atoms with E-state index in [2.05, 4.69) is 21.2 Å². The number of benzene rings is 1. The minimum atomic E-state index is -3.40. The van der Waals surface area contributed by atoms with Gasteiger partial charge in [0.2, 0.25) is 0 Å². The first kappa shape index (κ1) is 16.3. The number of rotatable bonds is 6. The van der Waals surface area contributed by atoms with Crippen molar-refractivity contribution in [2.24, 2.45) is 0 Å². The van der Waals surface area contributed by atoms with Crippen LogP contribution < -0.4 is 5.32 Å². The molecule has 0 fully saturated rings. The Hall–Kier alpha value is -1.11. The topological polar surface area (TPSA) is 59.3 Å². The molecule has 0 radical (unpaired) electrons. The molecule has 4 nitrogen and oxygen atoms in total. The van der Waals surface area contributed by atoms with Gasteiger partial charge in [-0.1, -0.05) is 35.8 Å². The summed E-state index contributed by atoms with van der Waals surface area (Å²) in [7, 11) is -3.40. The monoisotopic (exact) mass is 371 g/mol. The maximum absolute atomic E-state index is 12.3. The third-order valence-electron chi connectivity index (χ3n) is 2.89. The van der Waals surface area contributed by atoms with E-state index >= 15 is 0 Å². The molecule has 1 N–H and O–H groups in total. The van der Waals surface area contributed by atoms with Gasteiger partial charge in [-0.05, 0) is 30.3 Å². The van der Waals surface area contributed by atoms with Crippen LogP contribution in [0.15, 0.2) is 50.2 Å². The Morgan fingerprint density at radius 2 is 1.90 bits per heavy atom. The molecule has 0 spiro atoms. The first-order chi connectivity index (χ1) is 9.87. The van der Waals surface area contributed by atoms with Crippen LogP contribution in [-0.2, 0) is 22.1 Å². The van der Waals surface area contributed by atoms with Crippen molar-refractivity contribution in [3.05, 3.63) is 52.4 Å². The van der Waals surface area contributed by atoms with Crippen molar-refractivity contribution in [2.75, 3.05) is 0 Å². The number of sulfone groups is 1. The van der Waals surface area contributed by atoms with E-state index < -0.39 is 9.84 Å². The molecule has 1 aromatic carbocycles. The van der Waals surface area contributed by atoms with Crippen LogP contribution in [0.1, 0.15) is 25.4 Å². The van der Waals surface area contributed by atoms with Gasteiger partial charge in [0.15, 0.2) is 9.84 Å². The third kappa shape index (κ3) is 4.69. The Morgan fingerprint density at radius 1 is 1.19 bits per heavy atom. The number of hydrogen-bond acceptors (Lipinski definition) is 4. The van der Waals surface area contributed by atoms with E-state index in [-0.39, 0.29) is 10.6 Å². The van der Waals surface area contributed by atoms with Crippen molar-refractivity contribution in [1.29, 1.82) is 0 Å². The zero-order valence-corrected chi connectivity index (χ0v) is 14.4. The predicted octanol–water partition coefficient (Wildman–Crippen LogP) is 3.51. The minimum absolute atomic E-state index is 0.134. The summed E-state index contributed by atoms with van der Waals surface area (Å²) in [6.07, 6.45) is 0. The van der Waals surface area contributed by atoms with E-state index in [0.29, 0.717) is 18.3 Å². The Labute approximate surface area is 133 Å². The third-order valence-corrected chi connectivity index (χ3v) is 5.02. The van der Waals surface area contributed by atoms with E-state index in [1.807, 2.05) is 13.8 Å². The Kier molecular flexibility index (Phi) is 5.24. The van der Waals surface area contributed by atoms with Crippen molar-refractivity contribution < 1.29 is 12.8 Å². The van der Waals surface area contributed by atoms with Gasteiger partial charge >= 0.3 is 0 Å². The summed E-state index contributed by atoms with van der Waals surface area (Å²) < 4.78 is 31.0. The fourth-order valence-corrected chi connectivity index (χ4v) is 3.67. The number of halogens is 1. The van der Waals surface area contributed by atoms with Gasteiger partial charge < -0.3 is 9.73 Å². The minimum Gasteiger partial charge on any atom is -0.464 e. The van der Waals surface area contributed by atoms with Crippen molar-refractivity contribution in [1.82, 2.24) is 5.32 Å². The van der Waals surface area contributed by atoms with E-state index in [1.165, 1.54) is 0 Å². The van der Waals surface area contributed by atoms with E-state index in [9.17, 15) is 8.42 Å². The molecule has 1 heterocycles. The smallest absolute Gasteiger partial charge is 0.185 e. The molecule has 2 rings (SSSR count). The van der Waals surface area contributed by atoms with Crippen LogP contribution in [0.5, 0.6) is 0 Å². The van der Waals surface area contributed by atoms with Crippen LogP contribution in [0, 0.1) is 0 Å². The van der Waals surface area contributed by atoms with Gasteiger partial charge in [-0.15, -0.1) is 0 Å². The molecule has 0 aliphatic heterocycles. The van der Waals surface area contributed by atoms with Crippen molar-refractivity contribution in [2.45, 2.75) is 37.1 Å². The molecule has 114 valence electrons. The molecule has 0 aliphatic rings. The predicted molar refractivity (Wildman–Crippen MR) is 85.7 cm³/mol. The zero-order valence-electron chi connectivity index (χ0n) is 12.0. The Morgan fingerprint density at radius 3 is 2.57 bits per heavy atom. The van der Waals surface area contributed by atoms with Gasteiger partial charge in [-0.3, -0.25) is 0 Å². The van der Waals surface area contributed by atoms with Crippen molar-refractivity contribution >= 4 is 25.8 Å². The summed E-state index contributed by atoms with van der Waals surface area (Å²) in [6, 6.07) is 10.6. The molecule has 0 saturated carbocycles. The SMILES string of the molecule is CC(C)NCc1ccc(CS(=O)(=O)c2cccc(Br)c2)o1. The van der Waals surface area contributed by atoms with Crippen molar-refractivity contribution in [3.63, 3.8) is 0 Å². The maximum Gasteiger partial charge on any atom is 0.185 e. The molecule has 6 heteroatoms. The maximum atomic E-state index is 12.3. The van der Waals surface area contributed by atoms with E-state index in [4.69, 9.17) is 4.42 Å². The zero-order chi connectivity index (χ0) is 15.5. The number of nitrogens with one attached hydrogen (secondary N) is 1. The van der Waals surface area contributed by atoms with Crippen LogP contribution in [0.25, 0.3) is 0 Å². The largest absolute Gasteiger partial charge is 0.464 e. The van der Waals surface area contributed by atoms with E-state index in [0.717, 1.165) is 10.2 Å². The fourth-order valence-electron chi connectivity index (χ4n) is 1.83. The van der Waals surface area contributed by atoms with Gasteiger partial charge in [0.25, 0.3) is 0 Å². The summed E-state index contributed by atoms with van der Waals surface area (Å²) in [5, 5.41) is 3.23. The molecule has 0 amide bonds. The molecule has 0 unspecified atom stereocenters. The van der Waals surface area contributed by atoms with Gasteiger partial charge in [-0.2, -0.15) is 0 Å². The molecule has 0 saturated heterocycles. The molecule has 0 bridgehead atoms. The average molecular weight is 372 g/mol. The summed E-state index contributed by atoms with van der Waals surface area (Å²) >= 11 is 3.28. The second-order valence-corrected chi connectivity index (χ2v) is 8.03. The Bertz CT molecular complexity index is 707. The van der Waals surface area contributed by atoms with Gasteiger partial charge in [-0.25, -0.2) is 8.42 Å². The highest BCUT2D eigenvalue weighted by atomic mass is 79.9. The normalized spacial score (nSPS) is 12.0. The van der Waals surface area contributed by atoms with Gasteiger partial charge in [0, 0.05) is 10.5 Å². The molecule has 0 atom stereocenters. The fraction of sp³-hybridized carbons (Fsp3) is 0.333. The summed E-state index contributed by atoms with van der Waals surface area (Å²) in [5.74, 6) is 1.06. The van der Waals surface area contributed by atoms with Crippen LogP contribution in [0.4, 0.5) is 0 Å². The lowest BCUT2D eigenvalue weighted by molar-refractivity contribution is 0.443. The number of hydrogen-bond donors (Lipinski definition) is 1. The second-order valence-electron chi connectivity index (χ2n) is 5.12. The highest BCUT2D eigenvalue weighted by Crippen LogP contribution is 2.21. The van der Waals surface area contributed by atoms with Crippen molar-refractivity contribution in [3.8, 4) is 0 Å². The first-order valence-corrected chi connectivity index (χ1v) is 9.10. The van der Waals surface area contributed by atoms with E-state index in [1.54, 1.807) is 36.4 Å². The Balaban J connectivity index is 2.10. The quantitative estimate of drug-likeness (QED) is 0.843. The lowest BCUT2D eigenvalue weighted by Gasteiger charge is -2.05.